The second kappa shape index (κ2) is 5.68. The Labute approximate surface area is 88.3 Å². The number of rotatable bonds is 4. The largest absolute Gasteiger partial charge is 0.353 e. The van der Waals surface area contributed by atoms with E-state index in [0.29, 0.717) is 6.61 Å². The number of ether oxygens (including phenoxy) is 2. The third-order valence-electron chi connectivity index (χ3n) is 2.13. The summed E-state index contributed by atoms with van der Waals surface area (Å²) in [5.41, 5.74) is 2.32. The molecule has 0 amide bonds. The van der Waals surface area contributed by atoms with Gasteiger partial charge in [-0.1, -0.05) is 31.4 Å². The Morgan fingerprint density at radius 3 is 2.71 bits per heavy atom. The highest BCUT2D eigenvalue weighted by Gasteiger charge is 2.13. The smallest absolute Gasteiger partial charge is 0.157 e. The van der Waals surface area contributed by atoms with Crippen molar-refractivity contribution in [2.45, 2.75) is 45.2 Å². The molecule has 0 aliphatic carbocycles. The van der Waals surface area contributed by atoms with Crippen molar-refractivity contribution < 1.29 is 9.47 Å². The predicted molar refractivity (Wildman–Crippen MR) is 62.0 cm³/mol. The quantitative estimate of drug-likeness (QED) is 0.670. The topological polar surface area (TPSA) is 18.5 Å². The third kappa shape index (κ3) is 5.57. The average Bonchev–Trinajstić information content (AvgIpc) is 2.13. The van der Waals surface area contributed by atoms with Crippen LogP contribution in [0.15, 0.2) is 11.8 Å². The van der Waals surface area contributed by atoms with Gasteiger partial charge in [-0.05, 0) is 19.3 Å². The zero-order valence-electron chi connectivity index (χ0n) is 9.58. The SMILES string of the molecule is C[Si](C)(C)C=CCOC1CCCCO1. The van der Waals surface area contributed by atoms with Crippen LogP contribution in [0.25, 0.3) is 0 Å². The Morgan fingerprint density at radius 2 is 2.14 bits per heavy atom. The lowest BCUT2D eigenvalue weighted by molar-refractivity contribution is -0.155. The van der Waals surface area contributed by atoms with Gasteiger partial charge in [0, 0.05) is 6.61 Å². The maximum Gasteiger partial charge on any atom is 0.157 e. The zero-order valence-corrected chi connectivity index (χ0v) is 10.6. The molecule has 1 saturated heterocycles. The minimum Gasteiger partial charge on any atom is -0.353 e. The molecule has 0 aromatic heterocycles. The molecular weight excluding hydrogens is 192 g/mol. The standard InChI is InChI=1S/C11H22O2Si/c1-14(2,3)10-6-9-13-11-7-4-5-8-12-11/h6,10-11H,4-5,7-9H2,1-3H3. The fourth-order valence-corrected chi connectivity index (χ4v) is 2.21. The van der Waals surface area contributed by atoms with Gasteiger partial charge in [0.25, 0.3) is 0 Å². The second-order valence-corrected chi connectivity index (χ2v) is 9.96. The summed E-state index contributed by atoms with van der Waals surface area (Å²) in [7, 11) is -1.05. The normalized spacial score (nSPS) is 24.4. The minimum atomic E-state index is -1.05. The van der Waals surface area contributed by atoms with Crippen molar-refractivity contribution in [3.8, 4) is 0 Å². The molecule has 0 aromatic rings. The van der Waals surface area contributed by atoms with Crippen molar-refractivity contribution in [3.05, 3.63) is 11.8 Å². The van der Waals surface area contributed by atoms with Crippen LogP contribution < -0.4 is 0 Å². The van der Waals surface area contributed by atoms with Crippen LogP contribution in [0.4, 0.5) is 0 Å². The van der Waals surface area contributed by atoms with E-state index in [9.17, 15) is 0 Å². The van der Waals surface area contributed by atoms with E-state index in [4.69, 9.17) is 9.47 Å². The molecule has 14 heavy (non-hydrogen) atoms. The van der Waals surface area contributed by atoms with Gasteiger partial charge in [0.05, 0.1) is 14.7 Å². The zero-order chi connectivity index (χ0) is 10.4. The summed E-state index contributed by atoms with van der Waals surface area (Å²) >= 11 is 0. The number of hydrogen-bond donors (Lipinski definition) is 0. The van der Waals surface area contributed by atoms with Gasteiger partial charge in [-0.25, -0.2) is 0 Å². The molecule has 1 heterocycles. The fraction of sp³-hybridized carbons (Fsp3) is 0.818. The van der Waals surface area contributed by atoms with Gasteiger partial charge in [0.15, 0.2) is 6.29 Å². The lowest BCUT2D eigenvalue weighted by Crippen LogP contribution is -2.22. The van der Waals surface area contributed by atoms with Crippen LogP contribution >= 0.6 is 0 Å². The highest BCUT2D eigenvalue weighted by molar-refractivity contribution is 6.80. The highest BCUT2D eigenvalue weighted by atomic mass is 28.3. The molecule has 1 aliphatic rings. The minimum absolute atomic E-state index is 0.0510. The first-order valence-electron chi connectivity index (χ1n) is 5.49. The molecule has 2 nitrogen and oxygen atoms in total. The monoisotopic (exact) mass is 214 g/mol. The van der Waals surface area contributed by atoms with E-state index in [-0.39, 0.29) is 6.29 Å². The van der Waals surface area contributed by atoms with E-state index >= 15 is 0 Å². The Hall–Kier alpha value is -0.123. The molecule has 1 rings (SSSR count). The summed E-state index contributed by atoms with van der Waals surface area (Å²) < 4.78 is 11.1. The molecule has 1 aliphatic heterocycles. The van der Waals surface area contributed by atoms with Crippen molar-refractivity contribution in [1.82, 2.24) is 0 Å². The Bertz CT molecular complexity index is 178. The molecule has 1 unspecified atom stereocenters. The van der Waals surface area contributed by atoms with Crippen LogP contribution in [0.2, 0.25) is 19.6 Å². The summed E-state index contributed by atoms with van der Waals surface area (Å²) in [5.74, 6) is 0. The predicted octanol–water partition coefficient (Wildman–Crippen LogP) is 2.96. The summed E-state index contributed by atoms with van der Waals surface area (Å²) in [6, 6.07) is 0. The molecule has 0 saturated carbocycles. The molecule has 3 heteroatoms. The summed E-state index contributed by atoms with van der Waals surface area (Å²) in [6.45, 7) is 8.53. The van der Waals surface area contributed by atoms with Crippen molar-refractivity contribution in [2.24, 2.45) is 0 Å². The van der Waals surface area contributed by atoms with E-state index in [2.05, 4.69) is 31.4 Å². The number of hydrogen-bond acceptors (Lipinski definition) is 2. The molecule has 1 fully saturated rings. The van der Waals surface area contributed by atoms with Gasteiger partial charge in [-0.15, -0.1) is 0 Å². The molecule has 0 bridgehead atoms. The van der Waals surface area contributed by atoms with Crippen LogP contribution in [-0.4, -0.2) is 27.6 Å². The van der Waals surface area contributed by atoms with E-state index in [1.807, 2.05) is 0 Å². The lowest BCUT2D eigenvalue weighted by Gasteiger charge is -2.22. The molecule has 0 spiro atoms. The third-order valence-corrected chi connectivity index (χ3v) is 3.37. The Kier molecular flexibility index (Phi) is 4.85. The van der Waals surface area contributed by atoms with Gasteiger partial charge in [-0.2, -0.15) is 0 Å². The van der Waals surface area contributed by atoms with Crippen molar-refractivity contribution in [1.29, 1.82) is 0 Å². The van der Waals surface area contributed by atoms with Gasteiger partial charge < -0.3 is 9.47 Å². The van der Waals surface area contributed by atoms with Gasteiger partial charge >= 0.3 is 0 Å². The first-order chi connectivity index (χ1) is 6.58. The Morgan fingerprint density at radius 1 is 1.36 bits per heavy atom. The van der Waals surface area contributed by atoms with Crippen molar-refractivity contribution in [3.63, 3.8) is 0 Å². The maximum atomic E-state index is 5.59. The lowest BCUT2D eigenvalue weighted by atomic mass is 10.2. The summed E-state index contributed by atoms with van der Waals surface area (Å²) in [4.78, 5) is 0. The second-order valence-electron chi connectivity index (χ2n) is 4.90. The summed E-state index contributed by atoms with van der Waals surface area (Å²) in [6.07, 6.45) is 5.67. The van der Waals surface area contributed by atoms with Crippen LogP contribution in [0.5, 0.6) is 0 Å². The van der Waals surface area contributed by atoms with Gasteiger partial charge in [0.1, 0.15) is 0 Å². The van der Waals surface area contributed by atoms with Crippen LogP contribution in [0.3, 0.4) is 0 Å². The van der Waals surface area contributed by atoms with Crippen molar-refractivity contribution in [2.75, 3.05) is 13.2 Å². The van der Waals surface area contributed by atoms with E-state index in [1.165, 1.54) is 12.8 Å². The molecule has 0 N–H and O–H groups in total. The van der Waals surface area contributed by atoms with Crippen LogP contribution in [-0.2, 0) is 9.47 Å². The molecule has 0 radical (unpaired) electrons. The molecular formula is C11H22O2Si. The van der Waals surface area contributed by atoms with E-state index in [1.54, 1.807) is 0 Å². The highest BCUT2D eigenvalue weighted by Crippen LogP contribution is 2.13. The van der Waals surface area contributed by atoms with Crippen LogP contribution in [0, 0.1) is 0 Å². The first-order valence-corrected chi connectivity index (χ1v) is 9.06. The summed E-state index contributed by atoms with van der Waals surface area (Å²) in [5, 5.41) is 0. The average molecular weight is 214 g/mol. The van der Waals surface area contributed by atoms with Gasteiger partial charge in [-0.3, -0.25) is 0 Å². The first kappa shape index (κ1) is 11.9. The molecule has 82 valence electrons. The van der Waals surface area contributed by atoms with E-state index in [0.717, 1.165) is 13.0 Å². The molecule has 0 aromatic carbocycles. The maximum absolute atomic E-state index is 5.59. The Balaban J connectivity index is 2.11. The van der Waals surface area contributed by atoms with E-state index < -0.39 is 8.07 Å². The molecule has 1 atom stereocenters. The van der Waals surface area contributed by atoms with Crippen LogP contribution in [0.1, 0.15) is 19.3 Å². The van der Waals surface area contributed by atoms with Crippen molar-refractivity contribution >= 4 is 8.07 Å². The van der Waals surface area contributed by atoms with Gasteiger partial charge in [0.2, 0.25) is 0 Å². The fourth-order valence-electron chi connectivity index (χ4n) is 1.41.